The maximum absolute atomic E-state index is 10.5. The molecule has 6 heteroatoms. The number of nitrogens with zero attached hydrogens (tertiary/aromatic N) is 2. The number of rotatable bonds is 7. The Hall–Kier alpha value is -2.02. The summed E-state index contributed by atoms with van der Waals surface area (Å²) >= 11 is 0. The topological polar surface area (TPSA) is 87.5 Å². The summed E-state index contributed by atoms with van der Waals surface area (Å²) in [6, 6.07) is 10.0. The van der Waals surface area contributed by atoms with Crippen LogP contribution in [0, 0.1) is 11.8 Å². The van der Waals surface area contributed by atoms with Gasteiger partial charge in [-0.05, 0) is 42.5 Å². The van der Waals surface area contributed by atoms with Gasteiger partial charge >= 0.3 is 0 Å². The second-order valence-electron chi connectivity index (χ2n) is 8.97. The first kappa shape index (κ1) is 21.7. The molecule has 3 N–H and O–H groups in total. The predicted octanol–water partition coefficient (Wildman–Crippen LogP) is 2.47. The van der Waals surface area contributed by atoms with E-state index in [1.54, 1.807) is 7.11 Å². The molecule has 0 aliphatic heterocycles. The third-order valence-electron chi connectivity index (χ3n) is 5.82. The smallest absolute Gasteiger partial charge is 0.133 e. The van der Waals surface area contributed by atoms with E-state index in [1.807, 2.05) is 36.5 Å². The maximum atomic E-state index is 10.5. The Labute approximate surface area is 173 Å². The fourth-order valence-electron chi connectivity index (χ4n) is 4.08. The Morgan fingerprint density at radius 2 is 1.86 bits per heavy atom. The molecule has 3 rings (SSSR count). The van der Waals surface area contributed by atoms with Gasteiger partial charge in [0.2, 0.25) is 0 Å². The third-order valence-corrected chi connectivity index (χ3v) is 5.82. The zero-order chi connectivity index (χ0) is 21.0. The molecule has 2 aromatic rings. The lowest BCUT2D eigenvalue weighted by Crippen LogP contribution is -2.36. The summed E-state index contributed by atoms with van der Waals surface area (Å²) in [5.41, 5.74) is 2.00. The second-order valence-corrected chi connectivity index (χ2v) is 8.97. The van der Waals surface area contributed by atoms with Crippen LogP contribution in [0.4, 0.5) is 0 Å². The van der Waals surface area contributed by atoms with Gasteiger partial charge in [0.05, 0.1) is 13.2 Å². The molecule has 0 radical (unpaired) electrons. The molecule has 6 nitrogen and oxygen atoms in total. The highest BCUT2D eigenvalue weighted by atomic mass is 16.5. The lowest BCUT2D eigenvalue weighted by atomic mass is 9.88. The van der Waals surface area contributed by atoms with E-state index in [2.05, 4.69) is 31.1 Å². The molecule has 1 saturated carbocycles. The van der Waals surface area contributed by atoms with Crippen molar-refractivity contribution in [1.82, 2.24) is 15.3 Å². The van der Waals surface area contributed by atoms with Crippen LogP contribution < -0.4 is 10.1 Å². The summed E-state index contributed by atoms with van der Waals surface area (Å²) < 4.78 is 5.21. The number of hydrogen-bond acceptors (Lipinski definition) is 6. The zero-order valence-electron chi connectivity index (χ0n) is 17.8. The molecular formula is C23H33N3O3. The first-order valence-electron chi connectivity index (χ1n) is 10.3. The van der Waals surface area contributed by atoms with Crippen molar-refractivity contribution in [2.45, 2.75) is 57.7 Å². The van der Waals surface area contributed by atoms with E-state index in [0.29, 0.717) is 19.4 Å². The van der Waals surface area contributed by atoms with Crippen molar-refractivity contribution in [1.29, 1.82) is 0 Å². The van der Waals surface area contributed by atoms with Gasteiger partial charge in [-0.2, -0.15) is 0 Å². The minimum atomic E-state index is -0.512. The molecule has 0 spiro atoms. The lowest BCUT2D eigenvalue weighted by molar-refractivity contribution is 0.0715. The number of aliphatic hydroxyl groups excluding tert-OH is 2. The van der Waals surface area contributed by atoms with Gasteiger partial charge in [-0.1, -0.05) is 32.9 Å². The number of nitrogens with one attached hydrogen (secondary N) is 1. The highest BCUT2D eigenvalue weighted by Crippen LogP contribution is 2.35. The molecule has 29 heavy (non-hydrogen) atoms. The molecule has 1 heterocycles. The Morgan fingerprint density at radius 3 is 2.48 bits per heavy atom. The number of aromatic nitrogens is 2. The number of methoxy groups -OCH3 is 1. The summed E-state index contributed by atoms with van der Waals surface area (Å²) in [7, 11) is 1.66. The van der Waals surface area contributed by atoms with E-state index in [1.165, 1.54) is 0 Å². The average Bonchev–Trinajstić information content (AvgIpc) is 3.00. The number of ether oxygens (including phenoxy) is 1. The van der Waals surface area contributed by atoms with Gasteiger partial charge < -0.3 is 20.3 Å². The van der Waals surface area contributed by atoms with Crippen LogP contribution in [-0.2, 0) is 18.4 Å². The van der Waals surface area contributed by atoms with Gasteiger partial charge in [-0.25, -0.2) is 9.97 Å². The molecule has 0 bridgehead atoms. The lowest BCUT2D eigenvalue weighted by Gasteiger charge is -2.25. The molecule has 1 fully saturated rings. The molecular weight excluding hydrogens is 366 g/mol. The van der Waals surface area contributed by atoms with Crippen molar-refractivity contribution in [3.8, 4) is 5.75 Å². The third kappa shape index (κ3) is 5.32. The monoisotopic (exact) mass is 399 g/mol. The van der Waals surface area contributed by atoms with E-state index in [0.717, 1.165) is 22.8 Å². The van der Waals surface area contributed by atoms with Crippen LogP contribution in [0.2, 0.25) is 0 Å². The van der Waals surface area contributed by atoms with Crippen molar-refractivity contribution >= 4 is 0 Å². The van der Waals surface area contributed by atoms with Gasteiger partial charge in [0, 0.05) is 42.4 Å². The summed E-state index contributed by atoms with van der Waals surface area (Å²) in [5, 5.41) is 24.0. The Kier molecular flexibility index (Phi) is 6.88. The van der Waals surface area contributed by atoms with Crippen LogP contribution in [0.3, 0.4) is 0 Å². The quantitative estimate of drug-likeness (QED) is 0.663. The second kappa shape index (κ2) is 9.20. The fourth-order valence-corrected chi connectivity index (χ4v) is 4.08. The molecule has 158 valence electrons. The van der Waals surface area contributed by atoms with Gasteiger partial charge in [0.1, 0.15) is 11.6 Å². The Bertz CT molecular complexity index is 789. The van der Waals surface area contributed by atoms with Crippen LogP contribution in [-0.4, -0.2) is 46.0 Å². The largest absolute Gasteiger partial charge is 0.497 e. The molecule has 1 aliphatic carbocycles. The zero-order valence-corrected chi connectivity index (χ0v) is 17.8. The standard InChI is InChI=1S/C23H33N3O3/c1-23(2,3)22-24-10-9-16(26-22)11-18-19(14-27)21(28)12-20(18)25-13-15-5-7-17(29-4)8-6-15/h5-10,18-21,25,27-28H,11-14H2,1-4H3. The molecule has 4 atom stereocenters. The SMILES string of the molecule is COc1ccc(CNC2CC(O)C(CO)C2Cc2ccnc(C(C)(C)C)n2)cc1. The minimum Gasteiger partial charge on any atom is -0.497 e. The summed E-state index contributed by atoms with van der Waals surface area (Å²) in [5.74, 6) is 1.60. The summed E-state index contributed by atoms with van der Waals surface area (Å²) in [6.45, 7) is 6.97. The minimum absolute atomic E-state index is 0.0240. The summed E-state index contributed by atoms with van der Waals surface area (Å²) in [6.07, 6.45) is 2.63. The Morgan fingerprint density at radius 1 is 1.14 bits per heavy atom. The number of aliphatic hydroxyl groups is 2. The first-order valence-corrected chi connectivity index (χ1v) is 10.3. The first-order chi connectivity index (χ1) is 13.8. The molecule has 1 aromatic carbocycles. The summed E-state index contributed by atoms with van der Waals surface area (Å²) in [4.78, 5) is 9.17. The number of benzene rings is 1. The van der Waals surface area contributed by atoms with Crippen LogP contribution >= 0.6 is 0 Å². The van der Waals surface area contributed by atoms with Crippen LogP contribution in [0.1, 0.15) is 44.3 Å². The molecule has 1 aliphatic rings. The van der Waals surface area contributed by atoms with Gasteiger partial charge in [0.25, 0.3) is 0 Å². The van der Waals surface area contributed by atoms with Crippen molar-refractivity contribution in [3.05, 3.63) is 53.6 Å². The maximum Gasteiger partial charge on any atom is 0.133 e. The van der Waals surface area contributed by atoms with E-state index in [4.69, 9.17) is 9.72 Å². The van der Waals surface area contributed by atoms with Crippen molar-refractivity contribution in [2.24, 2.45) is 11.8 Å². The molecule has 1 aromatic heterocycles. The van der Waals surface area contributed by atoms with E-state index < -0.39 is 6.10 Å². The Balaban J connectivity index is 1.72. The highest BCUT2D eigenvalue weighted by molar-refractivity contribution is 5.27. The van der Waals surface area contributed by atoms with Gasteiger partial charge in [-0.15, -0.1) is 0 Å². The van der Waals surface area contributed by atoms with Crippen molar-refractivity contribution < 1.29 is 14.9 Å². The normalized spacial score (nSPS) is 24.6. The van der Waals surface area contributed by atoms with Crippen LogP contribution in [0.15, 0.2) is 36.5 Å². The molecule has 4 unspecified atom stereocenters. The number of hydrogen-bond donors (Lipinski definition) is 3. The average molecular weight is 400 g/mol. The van der Waals surface area contributed by atoms with Crippen LogP contribution in [0.25, 0.3) is 0 Å². The van der Waals surface area contributed by atoms with Crippen molar-refractivity contribution in [3.63, 3.8) is 0 Å². The molecule has 0 amide bonds. The molecule has 0 saturated heterocycles. The fraction of sp³-hybridized carbons (Fsp3) is 0.565. The highest BCUT2D eigenvalue weighted by Gasteiger charge is 2.42. The van der Waals surface area contributed by atoms with Gasteiger partial charge in [0.15, 0.2) is 0 Å². The van der Waals surface area contributed by atoms with E-state index in [9.17, 15) is 10.2 Å². The van der Waals surface area contributed by atoms with E-state index in [-0.39, 0.29) is 29.9 Å². The van der Waals surface area contributed by atoms with Gasteiger partial charge in [-0.3, -0.25) is 0 Å². The van der Waals surface area contributed by atoms with Crippen molar-refractivity contribution in [2.75, 3.05) is 13.7 Å². The van der Waals surface area contributed by atoms with E-state index >= 15 is 0 Å². The predicted molar refractivity (Wildman–Crippen MR) is 113 cm³/mol. The van der Waals surface area contributed by atoms with Crippen LogP contribution in [0.5, 0.6) is 5.75 Å².